The van der Waals surface area contributed by atoms with Gasteiger partial charge in [-0.05, 0) is 56.4 Å². The minimum atomic E-state index is -1.15. The molecule has 2 aromatic carbocycles. The largest absolute Gasteiger partial charge is 0.480 e. The molecule has 0 saturated carbocycles. The molecule has 0 spiro atoms. The van der Waals surface area contributed by atoms with Crippen molar-refractivity contribution in [2.24, 2.45) is 0 Å². The number of aliphatic carboxylic acids is 1. The van der Waals surface area contributed by atoms with Crippen LogP contribution in [0.3, 0.4) is 0 Å². The van der Waals surface area contributed by atoms with Gasteiger partial charge in [-0.3, -0.25) is 4.79 Å². The van der Waals surface area contributed by atoms with Crippen LogP contribution in [0.1, 0.15) is 44.2 Å². The van der Waals surface area contributed by atoms with E-state index in [-0.39, 0.29) is 19.4 Å². The molecular formula is C29H35N3O7. The first-order chi connectivity index (χ1) is 18.8. The summed E-state index contributed by atoms with van der Waals surface area (Å²) in [7, 11) is 0. The number of benzene rings is 2. The Labute approximate surface area is 226 Å². The molecule has 1 heterocycles. The van der Waals surface area contributed by atoms with Crippen LogP contribution in [0, 0.1) is 0 Å². The van der Waals surface area contributed by atoms with Crippen molar-refractivity contribution in [2.75, 3.05) is 24.5 Å². The molecule has 2 amide bonds. The van der Waals surface area contributed by atoms with E-state index in [2.05, 4.69) is 15.5 Å². The second kappa shape index (κ2) is 14.6. The van der Waals surface area contributed by atoms with Crippen LogP contribution in [0.4, 0.5) is 10.5 Å². The van der Waals surface area contributed by atoms with Gasteiger partial charge >= 0.3 is 17.7 Å². The third-order valence-electron chi connectivity index (χ3n) is 6.33. The maximum atomic E-state index is 12.7. The highest BCUT2D eigenvalue weighted by Gasteiger charge is 2.21. The molecule has 0 aliphatic heterocycles. The number of nitrogens with one attached hydrogen (secondary N) is 2. The molecule has 10 heteroatoms. The van der Waals surface area contributed by atoms with E-state index in [1.54, 1.807) is 12.1 Å². The summed E-state index contributed by atoms with van der Waals surface area (Å²) >= 11 is 0. The molecule has 3 rings (SSSR count). The average molecular weight is 538 g/mol. The Kier molecular flexibility index (Phi) is 10.9. The maximum absolute atomic E-state index is 12.7. The zero-order chi connectivity index (χ0) is 28.2. The first-order valence-electron chi connectivity index (χ1n) is 13.1. The molecule has 3 N–H and O–H groups in total. The van der Waals surface area contributed by atoms with Gasteiger partial charge in [0.1, 0.15) is 18.2 Å². The molecule has 0 saturated heterocycles. The molecule has 0 radical (unpaired) electrons. The number of ether oxygens (including phenoxy) is 1. The second-order valence-electron chi connectivity index (χ2n) is 9.06. The number of unbranched alkanes of at least 4 members (excludes halogenated alkanes) is 1. The summed E-state index contributed by atoms with van der Waals surface area (Å²) < 4.78 is 10.5. The second-order valence-corrected chi connectivity index (χ2v) is 9.06. The molecule has 0 fully saturated rings. The van der Waals surface area contributed by atoms with Crippen molar-refractivity contribution in [1.29, 1.82) is 0 Å². The van der Waals surface area contributed by atoms with Crippen LogP contribution >= 0.6 is 0 Å². The molecule has 0 bridgehead atoms. The predicted molar refractivity (Wildman–Crippen MR) is 148 cm³/mol. The van der Waals surface area contributed by atoms with E-state index >= 15 is 0 Å². The molecule has 39 heavy (non-hydrogen) atoms. The van der Waals surface area contributed by atoms with Gasteiger partial charge in [-0.15, -0.1) is 0 Å². The summed E-state index contributed by atoms with van der Waals surface area (Å²) in [5.41, 5.74) is 2.04. The van der Waals surface area contributed by atoms with Crippen LogP contribution in [0.5, 0.6) is 0 Å². The lowest BCUT2D eigenvalue weighted by atomic mass is 10.0. The number of rotatable bonds is 14. The third kappa shape index (κ3) is 8.87. The van der Waals surface area contributed by atoms with Gasteiger partial charge in [0.05, 0.1) is 6.42 Å². The van der Waals surface area contributed by atoms with Gasteiger partial charge in [0, 0.05) is 42.8 Å². The summed E-state index contributed by atoms with van der Waals surface area (Å²) in [4.78, 5) is 50.5. The van der Waals surface area contributed by atoms with Crippen LogP contribution < -0.4 is 21.2 Å². The lowest BCUT2D eigenvalue weighted by Gasteiger charge is -2.21. The van der Waals surface area contributed by atoms with E-state index in [0.29, 0.717) is 35.9 Å². The fourth-order valence-electron chi connectivity index (χ4n) is 4.26. The van der Waals surface area contributed by atoms with Gasteiger partial charge < -0.3 is 29.8 Å². The molecule has 0 aliphatic carbocycles. The van der Waals surface area contributed by atoms with E-state index < -0.39 is 29.6 Å². The van der Waals surface area contributed by atoms with Gasteiger partial charge in [-0.25, -0.2) is 14.4 Å². The standard InChI is InChI=1S/C29H35N3O7/c1-3-32(4-2)22-13-14-23-21(17-27(34)39-25(23)18-22)16-26(33)31-24(28(35)36)12-8-9-15-30-29(37)38-19-20-10-6-5-7-11-20/h5-7,10-11,13-14,17-18,24H,3-4,8-9,12,15-16,19H2,1-2H3,(H,30,37)(H,31,33)(H,35,36)/t24-/m0/s1. The summed E-state index contributed by atoms with van der Waals surface area (Å²) in [6.45, 7) is 6.12. The average Bonchev–Trinajstić information content (AvgIpc) is 2.92. The topological polar surface area (TPSA) is 138 Å². The van der Waals surface area contributed by atoms with Gasteiger partial charge in [-0.2, -0.15) is 0 Å². The van der Waals surface area contributed by atoms with Crippen LogP contribution in [0.15, 0.2) is 63.8 Å². The smallest absolute Gasteiger partial charge is 0.407 e. The SMILES string of the molecule is CCN(CC)c1ccc2c(CC(=O)N[C@@H](CCCCNC(=O)OCc3ccccc3)C(=O)O)cc(=O)oc2c1. The Morgan fingerprint density at radius 2 is 1.77 bits per heavy atom. The first-order valence-corrected chi connectivity index (χ1v) is 13.1. The fourth-order valence-corrected chi connectivity index (χ4v) is 4.26. The predicted octanol–water partition coefficient (Wildman–Crippen LogP) is 3.85. The normalized spacial score (nSPS) is 11.5. The molecule has 0 unspecified atom stereocenters. The van der Waals surface area contributed by atoms with Crippen LogP contribution in [-0.4, -0.2) is 48.8 Å². The van der Waals surface area contributed by atoms with Crippen LogP contribution in [0.2, 0.25) is 0 Å². The minimum absolute atomic E-state index is 0.161. The van der Waals surface area contributed by atoms with Crippen molar-refractivity contribution >= 4 is 34.6 Å². The van der Waals surface area contributed by atoms with Crippen LogP contribution in [-0.2, 0) is 27.4 Å². The zero-order valence-corrected chi connectivity index (χ0v) is 22.3. The number of fused-ring (bicyclic) bond motifs is 1. The Morgan fingerprint density at radius 3 is 2.46 bits per heavy atom. The van der Waals surface area contributed by atoms with Gasteiger partial charge in [0.15, 0.2) is 0 Å². The Hall–Kier alpha value is -4.34. The monoisotopic (exact) mass is 537 g/mol. The number of carboxylic acids is 1. The Balaban J connectivity index is 1.49. The zero-order valence-electron chi connectivity index (χ0n) is 22.3. The highest BCUT2D eigenvalue weighted by atomic mass is 16.5. The van der Waals surface area contributed by atoms with Crippen LogP contribution in [0.25, 0.3) is 11.0 Å². The summed E-state index contributed by atoms with van der Waals surface area (Å²) in [6, 6.07) is 15.0. The lowest BCUT2D eigenvalue weighted by molar-refractivity contribution is -0.142. The minimum Gasteiger partial charge on any atom is -0.480 e. The highest BCUT2D eigenvalue weighted by molar-refractivity contribution is 5.90. The van der Waals surface area contributed by atoms with Crippen molar-refractivity contribution in [3.05, 3.63) is 76.1 Å². The van der Waals surface area contributed by atoms with E-state index in [1.165, 1.54) is 6.07 Å². The molecule has 10 nitrogen and oxygen atoms in total. The number of amides is 2. The highest BCUT2D eigenvalue weighted by Crippen LogP contribution is 2.24. The van der Waals surface area contributed by atoms with Crippen molar-refractivity contribution in [3.8, 4) is 0 Å². The summed E-state index contributed by atoms with van der Waals surface area (Å²) in [6.07, 6.45) is 0.449. The lowest BCUT2D eigenvalue weighted by Crippen LogP contribution is -2.41. The number of anilines is 1. The van der Waals surface area contributed by atoms with Crippen molar-refractivity contribution in [3.63, 3.8) is 0 Å². The van der Waals surface area contributed by atoms with Gasteiger partial charge in [-0.1, -0.05) is 30.3 Å². The van der Waals surface area contributed by atoms with E-state index in [4.69, 9.17) is 9.15 Å². The number of alkyl carbamates (subject to hydrolysis) is 1. The van der Waals surface area contributed by atoms with Crippen molar-refractivity contribution in [2.45, 2.75) is 52.2 Å². The first kappa shape index (κ1) is 29.2. The molecular weight excluding hydrogens is 502 g/mol. The molecule has 1 atom stereocenters. The van der Waals surface area contributed by atoms with Gasteiger partial charge in [0.25, 0.3) is 0 Å². The number of carbonyl (C=O) groups is 3. The third-order valence-corrected chi connectivity index (χ3v) is 6.33. The molecule has 1 aromatic heterocycles. The number of nitrogens with zero attached hydrogens (tertiary/aromatic N) is 1. The molecule has 3 aromatic rings. The van der Waals surface area contributed by atoms with E-state index in [1.807, 2.05) is 50.2 Å². The summed E-state index contributed by atoms with van der Waals surface area (Å²) in [5, 5.41) is 15.4. The van der Waals surface area contributed by atoms with E-state index in [9.17, 15) is 24.3 Å². The number of carbonyl (C=O) groups excluding carboxylic acids is 2. The van der Waals surface area contributed by atoms with Gasteiger partial charge in [0.2, 0.25) is 5.91 Å². The molecule has 208 valence electrons. The molecule has 0 aliphatic rings. The van der Waals surface area contributed by atoms with Crippen molar-refractivity contribution < 1.29 is 28.6 Å². The quantitative estimate of drug-likeness (QED) is 0.208. The van der Waals surface area contributed by atoms with Crippen molar-refractivity contribution in [1.82, 2.24) is 10.6 Å². The number of hydrogen-bond donors (Lipinski definition) is 3. The number of carboxylic acid groups (broad SMARTS) is 1. The number of hydrogen-bond acceptors (Lipinski definition) is 7. The fraction of sp³-hybridized carbons (Fsp3) is 0.379. The van der Waals surface area contributed by atoms with E-state index in [0.717, 1.165) is 24.3 Å². The Morgan fingerprint density at radius 1 is 1.03 bits per heavy atom. The maximum Gasteiger partial charge on any atom is 0.407 e. The Bertz CT molecular complexity index is 1320. The summed E-state index contributed by atoms with van der Waals surface area (Å²) in [5.74, 6) is -1.66.